The van der Waals surface area contributed by atoms with Crippen LogP contribution >= 0.6 is 0 Å². The van der Waals surface area contributed by atoms with Gasteiger partial charge < -0.3 is 29.7 Å². The van der Waals surface area contributed by atoms with Gasteiger partial charge in [0.05, 0.1) is 40.9 Å². The highest BCUT2D eigenvalue weighted by Crippen LogP contribution is 2.38. The van der Waals surface area contributed by atoms with Crippen LogP contribution in [0, 0.1) is 25.2 Å². The second-order valence-corrected chi connectivity index (χ2v) is 10.3. The Labute approximate surface area is 240 Å². The molecule has 0 fully saturated rings. The minimum atomic E-state index is -0.322. The monoisotopic (exact) mass is 552 g/mol. The Balaban J connectivity index is 1.77. The highest BCUT2D eigenvalue weighted by molar-refractivity contribution is 6.02. The number of amides is 1. The summed E-state index contributed by atoms with van der Waals surface area (Å²) in [6.45, 7) is 9.12. The maximum absolute atomic E-state index is 12.3. The van der Waals surface area contributed by atoms with Crippen molar-refractivity contribution in [2.24, 2.45) is 7.05 Å². The van der Waals surface area contributed by atoms with Gasteiger partial charge in [0.15, 0.2) is 0 Å². The molecule has 0 aliphatic heterocycles. The molecular formula is C31H36N8O2. The number of aryl methyl sites for hydroxylation is 3. The number of nitrogens with zero attached hydrogens (tertiary/aromatic N) is 6. The van der Waals surface area contributed by atoms with Crippen LogP contribution in [0.3, 0.4) is 0 Å². The number of benzene rings is 2. The van der Waals surface area contributed by atoms with E-state index in [1.165, 1.54) is 6.08 Å². The number of nitrogens with one attached hydrogen (secondary N) is 2. The first-order chi connectivity index (χ1) is 19.6. The SMILES string of the molecule is C=CC(=O)Nc1cc(Nc2ncc(C)c(-c3cc(C#N)c4c(c3)c(C)cn4C)n2)c(OC)cc1N(C)CCN(C)C. The fraction of sp³-hybridized carbons (Fsp3) is 0.290. The van der Waals surface area contributed by atoms with Gasteiger partial charge in [-0.15, -0.1) is 0 Å². The molecule has 2 N–H and O–H groups in total. The summed E-state index contributed by atoms with van der Waals surface area (Å²) in [5.41, 5.74) is 6.95. The van der Waals surface area contributed by atoms with Gasteiger partial charge in [0.1, 0.15) is 11.8 Å². The first-order valence-electron chi connectivity index (χ1n) is 13.2. The Morgan fingerprint density at radius 2 is 1.90 bits per heavy atom. The number of likely N-dealkylation sites (N-methyl/N-ethyl adjacent to an activating group) is 2. The number of hydrogen-bond acceptors (Lipinski definition) is 8. The number of aromatic nitrogens is 3. The van der Waals surface area contributed by atoms with Gasteiger partial charge in [0.25, 0.3) is 0 Å². The van der Waals surface area contributed by atoms with Crippen molar-refractivity contribution in [3.63, 3.8) is 0 Å². The van der Waals surface area contributed by atoms with Crippen LogP contribution in [0.4, 0.5) is 23.0 Å². The standard InChI is InChI=1S/C31H36N8O2/c1-9-28(40)34-24-14-25(27(41-8)15-26(24)38(6)11-10-37(4)5)35-31-33-17-19(2)29(36-31)21-12-22(16-32)30-23(13-21)20(3)18-39(30)7/h9,12-15,17-18H,1,10-11H2,2-8H3,(H,34,40)(H,33,35,36). The van der Waals surface area contributed by atoms with Gasteiger partial charge in [0.2, 0.25) is 11.9 Å². The van der Waals surface area contributed by atoms with Gasteiger partial charge >= 0.3 is 0 Å². The molecule has 0 aliphatic carbocycles. The smallest absolute Gasteiger partial charge is 0.247 e. The van der Waals surface area contributed by atoms with Crippen LogP contribution in [0.15, 0.2) is 49.3 Å². The summed E-state index contributed by atoms with van der Waals surface area (Å²) in [5, 5.41) is 17.1. The summed E-state index contributed by atoms with van der Waals surface area (Å²) in [6, 6.07) is 9.94. The lowest BCUT2D eigenvalue weighted by atomic mass is 10.0. The maximum atomic E-state index is 12.3. The van der Waals surface area contributed by atoms with Crippen molar-refractivity contribution >= 4 is 39.8 Å². The Kier molecular flexibility index (Phi) is 8.59. The van der Waals surface area contributed by atoms with Gasteiger partial charge in [-0.25, -0.2) is 9.97 Å². The maximum Gasteiger partial charge on any atom is 0.247 e. The summed E-state index contributed by atoms with van der Waals surface area (Å²) in [5.74, 6) is 0.589. The molecule has 10 nitrogen and oxygen atoms in total. The molecule has 0 radical (unpaired) electrons. The minimum absolute atomic E-state index is 0.322. The number of carbonyl (C=O) groups is 1. The minimum Gasteiger partial charge on any atom is -0.494 e. The average molecular weight is 553 g/mol. The van der Waals surface area contributed by atoms with E-state index in [4.69, 9.17) is 9.72 Å². The van der Waals surface area contributed by atoms with Crippen molar-refractivity contribution in [3.05, 3.63) is 66.0 Å². The third kappa shape index (κ3) is 6.15. The largest absolute Gasteiger partial charge is 0.494 e. The number of anilines is 4. The molecule has 41 heavy (non-hydrogen) atoms. The van der Waals surface area contributed by atoms with Crippen LogP contribution in [-0.4, -0.2) is 66.7 Å². The first-order valence-corrected chi connectivity index (χ1v) is 13.2. The number of hydrogen-bond donors (Lipinski definition) is 2. The Morgan fingerprint density at radius 1 is 1.15 bits per heavy atom. The van der Waals surface area contributed by atoms with Crippen LogP contribution in [-0.2, 0) is 11.8 Å². The van der Waals surface area contributed by atoms with Crippen LogP contribution in [0.5, 0.6) is 5.75 Å². The molecule has 4 rings (SSSR count). The van der Waals surface area contributed by atoms with Crippen LogP contribution in [0.25, 0.3) is 22.2 Å². The van der Waals surface area contributed by atoms with E-state index in [9.17, 15) is 10.1 Å². The molecule has 0 saturated carbocycles. The van der Waals surface area contributed by atoms with Gasteiger partial charge in [-0.1, -0.05) is 6.58 Å². The molecule has 1 amide bonds. The molecule has 0 atom stereocenters. The molecule has 2 aromatic carbocycles. The summed E-state index contributed by atoms with van der Waals surface area (Å²) in [4.78, 5) is 25.8. The van der Waals surface area contributed by atoms with Crippen LogP contribution in [0.1, 0.15) is 16.7 Å². The summed E-state index contributed by atoms with van der Waals surface area (Å²) < 4.78 is 7.70. The molecule has 0 spiro atoms. The van der Waals surface area contributed by atoms with Gasteiger partial charge in [-0.2, -0.15) is 5.26 Å². The first kappa shape index (κ1) is 29.1. The number of rotatable bonds is 10. The molecule has 212 valence electrons. The molecule has 0 unspecified atom stereocenters. The fourth-order valence-electron chi connectivity index (χ4n) is 4.78. The molecule has 0 saturated heterocycles. The van der Waals surface area contributed by atoms with Crippen molar-refractivity contribution in [1.29, 1.82) is 5.26 Å². The van der Waals surface area contributed by atoms with E-state index in [2.05, 4.69) is 44.1 Å². The van der Waals surface area contributed by atoms with Crippen LogP contribution < -0.4 is 20.3 Å². The normalized spacial score (nSPS) is 10.9. The zero-order valence-corrected chi connectivity index (χ0v) is 24.7. The lowest BCUT2D eigenvalue weighted by Gasteiger charge is -2.26. The van der Waals surface area contributed by atoms with Crippen molar-refractivity contribution in [2.45, 2.75) is 13.8 Å². The van der Waals surface area contributed by atoms with E-state index in [0.29, 0.717) is 34.3 Å². The molecule has 2 aromatic heterocycles. The van der Waals surface area contributed by atoms with Crippen molar-refractivity contribution in [3.8, 4) is 23.1 Å². The predicted octanol–water partition coefficient (Wildman–Crippen LogP) is 5.00. The number of methoxy groups -OCH3 is 1. The second-order valence-electron chi connectivity index (χ2n) is 10.3. The number of ether oxygens (including phenoxy) is 1. The average Bonchev–Trinajstić information content (AvgIpc) is 3.25. The molecule has 0 bridgehead atoms. The fourth-order valence-corrected chi connectivity index (χ4v) is 4.78. The van der Waals surface area contributed by atoms with Crippen molar-refractivity contribution in [1.82, 2.24) is 19.4 Å². The highest BCUT2D eigenvalue weighted by Gasteiger charge is 2.18. The third-order valence-corrected chi connectivity index (χ3v) is 6.94. The Morgan fingerprint density at radius 3 is 2.56 bits per heavy atom. The zero-order chi connectivity index (χ0) is 29.8. The van der Waals surface area contributed by atoms with E-state index < -0.39 is 0 Å². The Bertz CT molecular complexity index is 1670. The molecule has 0 aliphatic rings. The van der Waals surface area contributed by atoms with Crippen LogP contribution in [0.2, 0.25) is 0 Å². The number of fused-ring (bicyclic) bond motifs is 1. The Hall–Kier alpha value is -4.88. The third-order valence-electron chi connectivity index (χ3n) is 6.94. The lowest BCUT2D eigenvalue weighted by molar-refractivity contribution is -0.111. The number of carbonyl (C=O) groups excluding carboxylic acids is 1. The number of nitriles is 1. The topological polar surface area (TPSA) is 111 Å². The van der Waals surface area contributed by atoms with Crippen molar-refractivity contribution < 1.29 is 9.53 Å². The van der Waals surface area contributed by atoms with E-state index in [1.807, 2.05) is 64.9 Å². The van der Waals surface area contributed by atoms with Gasteiger partial charge in [-0.3, -0.25) is 4.79 Å². The summed E-state index contributed by atoms with van der Waals surface area (Å²) >= 11 is 0. The predicted molar refractivity (Wildman–Crippen MR) is 165 cm³/mol. The zero-order valence-electron chi connectivity index (χ0n) is 24.7. The van der Waals surface area contributed by atoms with E-state index in [0.717, 1.165) is 46.4 Å². The summed E-state index contributed by atoms with van der Waals surface area (Å²) in [7, 11) is 9.52. The van der Waals surface area contributed by atoms with Gasteiger partial charge in [0, 0.05) is 56.6 Å². The van der Waals surface area contributed by atoms with Crippen molar-refractivity contribution in [2.75, 3.05) is 56.9 Å². The molecule has 10 heteroatoms. The molecule has 4 aromatic rings. The van der Waals surface area contributed by atoms with E-state index >= 15 is 0 Å². The van der Waals surface area contributed by atoms with Gasteiger partial charge in [-0.05, 0) is 63.3 Å². The second kappa shape index (κ2) is 12.1. The van der Waals surface area contributed by atoms with E-state index in [1.54, 1.807) is 19.4 Å². The quantitative estimate of drug-likeness (QED) is 0.265. The molecule has 2 heterocycles. The molecular weight excluding hydrogens is 516 g/mol. The highest BCUT2D eigenvalue weighted by atomic mass is 16.5. The lowest BCUT2D eigenvalue weighted by Crippen LogP contribution is -2.29. The van der Waals surface area contributed by atoms with E-state index in [-0.39, 0.29) is 5.91 Å². The summed E-state index contributed by atoms with van der Waals surface area (Å²) in [6.07, 6.45) is 5.00.